The minimum absolute atomic E-state index is 0.0584. The average molecular weight is 282 g/mol. The fourth-order valence-electron chi connectivity index (χ4n) is 4.09. The molecule has 0 aromatic heterocycles. The number of aliphatic hydroxyl groups excluding tert-OH is 2. The summed E-state index contributed by atoms with van der Waals surface area (Å²) in [5, 5.41) is 29.9. The van der Waals surface area contributed by atoms with Crippen molar-refractivity contribution in [1.82, 2.24) is 0 Å². The van der Waals surface area contributed by atoms with Crippen molar-refractivity contribution in [3.8, 4) is 0 Å². The normalized spacial score (nSPS) is 49.8. The Morgan fingerprint density at radius 1 is 1.55 bits per heavy atom. The van der Waals surface area contributed by atoms with Crippen LogP contribution in [0.15, 0.2) is 11.6 Å². The highest BCUT2D eigenvalue weighted by molar-refractivity contribution is 6.03. The lowest BCUT2D eigenvalue weighted by Gasteiger charge is -2.47. The molecule has 1 saturated heterocycles. The monoisotopic (exact) mass is 282 g/mol. The summed E-state index contributed by atoms with van der Waals surface area (Å²) in [5.41, 5.74) is -2.44. The van der Waals surface area contributed by atoms with Gasteiger partial charge in [0.05, 0.1) is 12.7 Å². The summed E-state index contributed by atoms with van der Waals surface area (Å²) in [6.45, 7) is 4.83. The number of ether oxygens (including phenoxy) is 1. The van der Waals surface area contributed by atoms with Crippen LogP contribution < -0.4 is 0 Å². The zero-order chi connectivity index (χ0) is 14.9. The molecule has 0 amide bonds. The number of carbonyl (C=O) groups is 1. The number of hydrogen-bond acceptors (Lipinski definition) is 5. The lowest BCUT2D eigenvalue weighted by molar-refractivity contribution is -0.134. The van der Waals surface area contributed by atoms with Crippen LogP contribution in [-0.2, 0) is 9.53 Å². The van der Waals surface area contributed by atoms with E-state index < -0.39 is 35.4 Å². The molecule has 0 aromatic carbocycles. The van der Waals surface area contributed by atoms with Gasteiger partial charge in [-0.1, -0.05) is 19.4 Å². The van der Waals surface area contributed by atoms with Gasteiger partial charge in [-0.2, -0.15) is 0 Å². The molecule has 2 fully saturated rings. The zero-order valence-electron chi connectivity index (χ0n) is 12.1. The summed E-state index contributed by atoms with van der Waals surface area (Å²) in [7, 11) is 0. The number of aliphatic hydroxyl groups is 3. The molecule has 1 aliphatic heterocycles. The fraction of sp³-hybridized carbons (Fsp3) is 0.800. The third-order valence-electron chi connectivity index (χ3n) is 5.86. The molecule has 0 spiro atoms. The molecular formula is C15H22O5. The van der Waals surface area contributed by atoms with E-state index in [-0.39, 0.29) is 11.7 Å². The standard InChI is InChI=1S/C15H22O5/c1-8-10(17)5-4-9-6-11(18)15(13(2,19)7-16)12(20-15)14(8,9)3/h6,8,10,12,16-17,19H,4-5,7H2,1-3H3. The van der Waals surface area contributed by atoms with E-state index in [1.54, 1.807) is 6.08 Å². The van der Waals surface area contributed by atoms with Gasteiger partial charge in [0.1, 0.15) is 11.7 Å². The molecule has 2 aliphatic carbocycles. The van der Waals surface area contributed by atoms with Crippen LogP contribution in [0.1, 0.15) is 33.6 Å². The molecule has 3 rings (SSSR count). The molecule has 0 bridgehead atoms. The predicted octanol–water partition coefficient (Wildman–Crippen LogP) is 0.174. The van der Waals surface area contributed by atoms with Gasteiger partial charge >= 0.3 is 0 Å². The van der Waals surface area contributed by atoms with Gasteiger partial charge in [-0.3, -0.25) is 4.79 Å². The Morgan fingerprint density at radius 3 is 2.80 bits per heavy atom. The highest BCUT2D eigenvalue weighted by Crippen LogP contribution is 2.64. The molecule has 3 aliphatic rings. The van der Waals surface area contributed by atoms with Crippen LogP contribution in [-0.4, -0.2) is 51.1 Å². The van der Waals surface area contributed by atoms with Gasteiger partial charge in [0.2, 0.25) is 0 Å². The largest absolute Gasteiger partial charge is 0.393 e. The predicted molar refractivity (Wildman–Crippen MR) is 70.9 cm³/mol. The molecule has 6 unspecified atom stereocenters. The maximum Gasteiger partial charge on any atom is 0.193 e. The van der Waals surface area contributed by atoms with Crippen molar-refractivity contribution in [2.24, 2.45) is 11.3 Å². The van der Waals surface area contributed by atoms with Gasteiger partial charge in [-0.05, 0) is 31.8 Å². The summed E-state index contributed by atoms with van der Waals surface area (Å²) >= 11 is 0. The number of ketones is 1. The van der Waals surface area contributed by atoms with Crippen LogP contribution in [0, 0.1) is 11.3 Å². The maximum atomic E-state index is 12.4. The van der Waals surface area contributed by atoms with Gasteiger partial charge in [0.25, 0.3) is 0 Å². The zero-order valence-corrected chi connectivity index (χ0v) is 12.1. The van der Waals surface area contributed by atoms with E-state index in [2.05, 4.69) is 0 Å². The second-order valence-electron chi connectivity index (χ2n) is 6.88. The Labute approximate surface area is 118 Å². The van der Waals surface area contributed by atoms with E-state index in [1.807, 2.05) is 13.8 Å². The number of epoxide rings is 1. The first kappa shape index (κ1) is 14.2. The first-order valence-electron chi connectivity index (χ1n) is 7.16. The summed E-state index contributed by atoms with van der Waals surface area (Å²) in [6.07, 6.45) is 1.97. The number of rotatable bonds is 2. The second kappa shape index (κ2) is 3.91. The first-order valence-corrected chi connectivity index (χ1v) is 7.16. The van der Waals surface area contributed by atoms with E-state index in [9.17, 15) is 20.1 Å². The van der Waals surface area contributed by atoms with E-state index in [0.717, 1.165) is 5.57 Å². The summed E-state index contributed by atoms with van der Waals surface area (Å²) in [4.78, 5) is 12.4. The van der Waals surface area contributed by atoms with Gasteiger partial charge in [-0.15, -0.1) is 0 Å². The van der Waals surface area contributed by atoms with Crippen LogP contribution in [0.5, 0.6) is 0 Å². The number of hydrogen-bond donors (Lipinski definition) is 3. The molecule has 5 nitrogen and oxygen atoms in total. The maximum absolute atomic E-state index is 12.4. The Kier molecular flexibility index (Phi) is 2.78. The third kappa shape index (κ3) is 1.39. The molecule has 0 radical (unpaired) electrons. The minimum atomic E-state index is -1.61. The van der Waals surface area contributed by atoms with Crippen molar-refractivity contribution < 1.29 is 24.9 Å². The topological polar surface area (TPSA) is 90.3 Å². The lowest BCUT2D eigenvalue weighted by Crippen LogP contribution is -2.58. The van der Waals surface area contributed by atoms with Crippen molar-refractivity contribution in [3.63, 3.8) is 0 Å². The SMILES string of the molecule is CC1C(O)CCC2=CC(=O)C3(C(C)(O)CO)OC3C21C. The van der Waals surface area contributed by atoms with Crippen LogP contribution in [0.25, 0.3) is 0 Å². The van der Waals surface area contributed by atoms with Crippen LogP contribution >= 0.6 is 0 Å². The van der Waals surface area contributed by atoms with Crippen molar-refractivity contribution in [1.29, 1.82) is 0 Å². The van der Waals surface area contributed by atoms with Crippen molar-refractivity contribution in [2.45, 2.75) is 57.0 Å². The molecule has 112 valence electrons. The van der Waals surface area contributed by atoms with Crippen molar-refractivity contribution >= 4 is 5.78 Å². The Balaban J connectivity index is 2.09. The molecule has 0 aromatic rings. The van der Waals surface area contributed by atoms with E-state index >= 15 is 0 Å². The molecule has 20 heavy (non-hydrogen) atoms. The van der Waals surface area contributed by atoms with Crippen LogP contribution in [0.3, 0.4) is 0 Å². The third-order valence-corrected chi connectivity index (χ3v) is 5.86. The highest BCUT2D eigenvalue weighted by Gasteiger charge is 2.79. The van der Waals surface area contributed by atoms with Gasteiger partial charge in [0, 0.05) is 5.41 Å². The smallest absolute Gasteiger partial charge is 0.193 e. The van der Waals surface area contributed by atoms with Crippen molar-refractivity contribution in [3.05, 3.63) is 11.6 Å². The van der Waals surface area contributed by atoms with E-state index in [4.69, 9.17) is 4.74 Å². The van der Waals surface area contributed by atoms with Gasteiger partial charge < -0.3 is 20.1 Å². The van der Waals surface area contributed by atoms with Crippen LogP contribution in [0.2, 0.25) is 0 Å². The molecule has 1 saturated carbocycles. The Morgan fingerprint density at radius 2 is 2.20 bits per heavy atom. The molecule has 6 atom stereocenters. The summed E-state index contributed by atoms with van der Waals surface area (Å²) in [6, 6.07) is 0. The molecular weight excluding hydrogens is 260 g/mol. The highest BCUT2D eigenvalue weighted by atomic mass is 16.6. The quantitative estimate of drug-likeness (QED) is 0.628. The fourth-order valence-corrected chi connectivity index (χ4v) is 4.09. The van der Waals surface area contributed by atoms with Gasteiger partial charge in [0.15, 0.2) is 11.4 Å². The average Bonchev–Trinajstić information content (AvgIpc) is 3.17. The Bertz CT molecular complexity index is 496. The number of carbonyl (C=O) groups excluding carboxylic acids is 1. The second-order valence-corrected chi connectivity index (χ2v) is 6.88. The van der Waals surface area contributed by atoms with Crippen molar-refractivity contribution in [2.75, 3.05) is 6.61 Å². The van der Waals surface area contributed by atoms with E-state index in [1.165, 1.54) is 6.92 Å². The number of fused-ring (bicyclic) bond motifs is 3. The Hall–Kier alpha value is -0.750. The first-order chi connectivity index (χ1) is 9.21. The summed E-state index contributed by atoms with van der Waals surface area (Å²) in [5.74, 6) is -0.324. The molecule has 5 heteroatoms. The van der Waals surface area contributed by atoms with Gasteiger partial charge in [-0.25, -0.2) is 0 Å². The minimum Gasteiger partial charge on any atom is -0.393 e. The molecule has 1 heterocycles. The lowest BCUT2D eigenvalue weighted by atomic mass is 9.56. The molecule has 3 N–H and O–H groups in total. The van der Waals surface area contributed by atoms with Crippen LogP contribution in [0.4, 0.5) is 0 Å². The summed E-state index contributed by atoms with van der Waals surface area (Å²) < 4.78 is 5.70. The van der Waals surface area contributed by atoms with E-state index in [0.29, 0.717) is 12.8 Å².